The summed E-state index contributed by atoms with van der Waals surface area (Å²) in [5.41, 5.74) is 4.00. The summed E-state index contributed by atoms with van der Waals surface area (Å²) in [6.45, 7) is 1.87. The second kappa shape index (κ2) is 9.10. The summed E-state index contributed by atoms with van der Waals surface area (Å²) in [5, 5.41) is 24.4. The number of aliphatic hydroxyl groups is 1. The summed E-state index contributed by atoms with van der Waals surface area (Å²) in [7, 11) is 0. The maximum atomic E-state index is 13.2. The van der Waals surface area contributed by atoms with Crippen LogP contribution in [0.2, 0.25) is 0 Å². The molecule has 3 aromatic rings. The Morgan fingerprint density at radius 3 is 2.24 bits per heavy atom. The van der Waals surface area contributed by atoms with E-state index in [1.165, 1.54) is 74.6 Å². The van der Waals surface area contributed by atoms with E-state index >= 15 is 0 Å². The Morgan fingerprint density at radius 2 is 1.68 bits per heavy atom. The molecule has 0 unspecified atom stereocenters. The lowest BCUT2D eigenvalue weighted by atomic mass is 9.48. The van der Waals surface area contributed by atoms with Crippen molar-refractivity contribution in [3.63, 3.8) is 0 Å². The molecule has 0 saturated heterocycles. The van der Waals surface area contributed by atoms with E-state index in [1.54, 1.807) is 4.68 Å². The highest BCUT2D eigenvalue weighted by atomic mass is 16.6. The normalized spacial score (nSPS) is 27.1. The van der Waals surface area contributed by atoms with Crippen LogP contribution in [-0.2, 0) is 5.41 Å². The van der Waals surface area contributed by atoms with Gasteiger partial charge in [-0.15, -0.1) is 0 Å². The number of H-pyrrole nitrogens is 1. The number of non-ortho nitro benzene ring substituents is 1. The van der Waals surface area contributed by atoms with Crippen LogP contribution in [0.15, 0.2) is 58.3 Å². The summed E-state index contributed by atoms with van der Waals surface area (Å²) in [4.78, 5) is 27.8. The topological polar surface area (TPSA) is 114 Å². The third kappa shape index (κ3) is 4.33. The van der Waals surface area contributed by atoms with Crippen molar-refractivity contribution in [3.05, 3.63) is 91.4 Å². The van der Waals surface area contributed by atoms with Gasteiger partial charge in [-0.05, 0) is 104 Å². The molecule has 8 heteroatoms. The van der Waals surface area contributed by atoms with E-state index in [1.807, 2.05) is 19.1 Å². The summed E-state index contributed by atoms with van der Waals surface area (Å²) < 4.78 is 1.55. The van der Waals surface area contributed by atoms with Crippen LogP contribution < -0.4 is 5.56 Å². The molecular weight excluding hydrogens is 468 g/mol. The molecule has 0 spiro atoms. The lowest BCUT2D eigenvalue weighted by molar-refractivity contribution is -0.384. The van der Waals surface area contributed by atoms with Gasteiger partial charge in [0.15, 0.2) is 0 Å². The molecule has 7 rings (SSSR count). The van der Waals surface area contributed by atoms with E-state index in [0.29, 0.717) is 22.2 Å². The van der Waals surface area contributed by atoms with Gasteiger partial charge in [0.2, 0.25) is 0 Å². The smallest absolute Gasteiger partial charge is 0.280 e. The van der Waals surface area contributed by atoms with Gasteiger partial charge in [-0.1, -0.05) is 12.1 Å². The first-order chi connectivity index (χ1) is 17.8. The van der Waals surface area contributed by atoms with Crippen molar-refractivity contribution in [2.75, 3.05) is 6.54 Å². The minimum Gasteiger partial charge on any atom is -0.386 e. The Balaban J connectivity index is 1.17. The monoisotopic (exact) mass is 500 g/mol. The standard InChI is InChI=1S/C29H32N4O4/c1-18-26(16-30-17-27(34)22-2-6-25(7-3-22)33(36)37)28(35)32(31-18)24-8-4-23(5-9-24)29-13-19-10-20(14-29)12-21(11-19)15-29/h2-9,16,19-21,27,31,34H,10-15,17H2,1H3/t19?,20?,21?,27-,29?/m1/s1. The Labute approximate surface area is 215 Å². The third-order valence-corrected chi connectivity index (χ3v) is 8.88. The van der Waals surface area contributed by atoms with Gasteiger partial charge in [-0.2, -0.15) is 0 Å². The molecule has 4 bridgehead atoms. The summed E-state index contributed by atoms with van der Waals surface area (Å²) in [5.74, 6) is 2.67. The number of rotatable bonds is 7. The molecular formula is C29H32N4O4. The van der Waals surface area contributed by atoms with Gasteiger partial charge in [0.05, 0.1) is 28.8 Å². The zero-order valence-corrected chi connectivity index (χ0v) is 21.0. The van der Waals surface area contributed by atoms with E-state index in [4.69, 9.17) is 0 Å². The molecule has 4 aliphatic carbocycles. The van der Waals surface area contributed by atoms with Crippen LogP contribution in [0, 0.1) is 34.8 Å². The minimum absolute atomic E-state index is 0.0334. The number of aryl methyl sites for hydroxylation is 1. The average Bonchev–Trinajstić information content (AvgIpc) is 3.16. The number of nitro benzene ring substituents is 1. The molecule has 8 nitrogen and oxygen atoms in total. The number of nitrogens with one attached hydrogen (secondary N) is 1. The summed E-state index contributed by atoms with van der Waals surface area (Å²) >= 11 is 0. The number of hydrogen-bond donors (Lipinski definition) is 2. The van der Waals surface area contributed by atoms with Gasteiger partial charge in [-0.25, -0.2) is 4.68 Å². The minimum atomic E-state index is -0.921. The molecule has 2 aromatic carbocycles. The Morgan fingerprint density at radius 1 is 1.08 bits per heavy atom. The molecule has 0 aliphatic heterocycles. The fraction of sp³-hybridized carbons (Fsp3) is 0.448. The number of aromatic nitrogens is 2. The first kappa shape index (κ1) is 23.9. The van der Waals surface area contributed by atoms with Crippen LogP contribution >= 0.6 is 0 Å². The second-order valence-corrected chi connectivity index (χ2v) is 11.4. The van der Waals surface area contributed by atoms with E-state index in [0.717, 1.165) is 23.4 Å². The number of nitro groups is 1. The van der Waals surface area contributed by atoms with Gasteiger partial charge in [0.1, 0.15) is 0 Å². The Kier molecular flexibility index (Phi) is 5.87. The van der Waals surface area contributed by atoms with Gasteiger partial charge >= 0.3 is 0 Å². The lowest BCUT2D eigenvalue weighted by Gasteiger charge is -2.57. The number of aliphatic imine (C=N–C) groups is 1. The lowest BCUT2D eigenvalue weighted by Crippen LogP contribution is -2.48. The molecule has 0 radical (unpaired) electrons. The van der Waals surface area contributed by atoms with E-state index in [9.17, 15) is 20.0 Å². The van der Waals surface area contributed by atoms with E-state index in [2.05, 4.69) is 22.2 Å². The van der Waals surface area contributed by atoms with Gasteiger partial charge < -0.3 is 5.11 Å². The molecule has 4 fully saturated rings. The van der Waals surface area contributed by atoms with Crippen LogP contribution in [0.1, 0.15) is 67.0 Å². The number of aromatic amines is 1. The zero-order chi connectivity index (χ0) is 25.7. The maximum absolute atomic E-state index is 13.2. The van der Waals surface area contributed by atoms with E-state index in [-0.39, 0.29) is 17.8 Å². The number of nitrogens with zero attached hydrogens (tertiary/aromatic N) is 3. The molecule has 1 heterocycles. The van der Waals surface area contributed by atoms with Crippen molar-refractivity contribution in [2.24, 2.45) is 22.7 Å². The van der Waals surface area contributed by atoms with Crippen molar-refractivity contribution in [1.82, 2.24) is 9.78 Å². The Hall–Kier alpha value is -3.52. The molecule has 0 amide bonds. The number of benzene rings is 2. The quantitative estimate of drug-likeness (QED) is 0.270. The molecule has 1 aromatic heterocycles. The highest BCUT2D eigenvalue weighted by Crippen LogP contribution is 2.60. The maximum Gasteiger partial charge on any atom is 0.280 e. The largest absolute Gasteiger partial charge is 0.386 e. The predicted molar refractivity (Wildman–Crippen MR) is 141 cm³/mol. The van der Waals surface area contributed by atoms with Crippen LogP contribution in [0.5, 0.6) is 0 Å². The summed E-state index contributed by atoms with van der Waals surface area (Å²) in [6.07, 6.45) is 8.76. The molecule has 37 heavy (non-hydrogen) atoms. The van der Waals surface area contributed by atoms with Gasteiger partial charge in [0.25, 0.3) is 11.2 Å². The highest BCUT2D eigenvalue weighted by molar-refractivity contribution is 5.80. The first-order valence-electron chi connectivity index (χ1n) is 13.2. The van der Waals surface area contributed by atoms with Crippen LogP contribution in [0.4, 0.5) is 5.69 Å². The second-order valence-electron chi connectivity index (χ2n) is 11.4. The molecule has 1 atom stereocenters. The van der Waals surface area contributed by atoms with Gasteiger partial charge in [-0.3, -0.25) is 25.0 Å². The average molecular weight is 501 g/mol. The first-order valence-corrected chi connectivity index (χ1v) is 13.2. The van der Waals surface area contributed by atoms with Crippen LogP contribution in [-0.4, -0.2) is 32.6 Å². The summed E-state index contributed by atoms with van der Waals surface area (Å²) in [6, 6.07) is 14.3. The Bertz CT molecular complexity index is 1370. The molecule has 192 valence electrons. The SMILES string of the molecule is Cc1[nH]n(-c2ccc(C34CC5CC(CC(C5)C3)C4)cc2)c(=O)c1C=NC[C@@H](O)c1ccc([N+](=O)[O-])cc1. The molecule has 2 N–H and O–H groups in total. The van der Waals surface area contributed by atoms with Crippen molar-refractivity contribution < 1.29 is 10.0 Å². The highest BCUT2D eigenvalue weighted by Gasteiger charge is 2.51. The van der Waals surface area contributed by atoms with Crippen molar-refractivity contribution in [1.29, 1.82) is 0 Å². The van der Waals surface area contributed by atoms with Crippen LogP contribution in [0.25, 0.3) is 5.69 Å². The van der Waals surface area contributed by atoms with Crippen molar-refractivity contribution in [2.45, 2.75) is 57.0 Å². The van der Waals surface area contributed by atoms with Crippen LogP contribution in [0.3, 0.4) is 0 Å². The predicted octanol–water partition coefficient (Wildman–Crippen LogP) is 5.00. The van der Waals surface area contributed by atoms with E-state index < -0.39 is 11.0 Å². The fourth-order valence-corrected chi connectivity index (χ4v) is 7.49. The zero-order valence-electron chi connectivity index (χ0n) is 21.0. The number of hydrogen-bond acceptors (Lipinski definition) is 5. The van der Waals surface area contributed by atoms with Gasteiger partial charge in [0, 0.05) is 24.0 Å². The van der Waals surface area contributed by atoms with Crippen molar-refractivity contribution in [3.8, 4) is 5.69 Å². The third-order valence-electron chi connectivity index (χ3n) is 8.88. The number of aliphatic hydroxyl groups excluding tert-OH is 1. The molecule has 4 saturated carbocycles. The molecule has 4 aliphatic rings. The fourth-order valence-electron chi connectivity index (χ4n) is 7.49. The van der Waals surface area contributed by atoms with Crippen molar-refractivity contribution >= 4 is 11.9 Å².